The minimum Gasteiger partial charge on any atom is -0.325 e. The van der Waals surface area contributed by atoms with Crippen molar-refractivity contribution in [1.82, 2.24) is 9.55 Å². The van der Waals surface area contributed by atoms with E-state index in [1.165, 1.54) is 18.7 Å². The molecule has 0 saturated carbocycles. The third-order valence-corrected chi connectivity index (χ3v) is 5.13. The smallest absolute Gasteiger partial charge is 0.262 e. The first kappa shape index (κ1) is 19.8. The van der Waals surface area contributed by atoms with E-state index < -0.39 is 0 Å². The van der Waals surface area contributed by atoms with E-state index in [-0.39, 0.29) is 29.0 Å². The molecule has 2 aromatic carbocycles. The first-order valence-electron chi connectivity index (χ1n) is 8.91. The van der Waals surface area contributed by atoms with Crippen LogP contribution in [0.4, 0.5) is 5.69 Å². The predicted octanol–water partition coefficient (Wildman–Crippen LogP) is 3.91. The van der Waals surface area contributed by atoms with E-state index in [1.54, 1.807) is 41.0 Å². The molecule has 28 heavy (non-hydrogen) atoms. The zero-order valence-corrected chi connectivity index (χ0v) is 16.7. The van der Waals surface area contributed by atoms with Crippen LogP contribution in [-0.4, -0.2) is 27.0 Å². The Kier molecular flexibility index (Phi) is 5.94. The molecule has 144 valence electrons. The molecule has 1 N–H and O–H groups in total. The Morgan fingerprint density at radius 1 is 1.14 bits per heavy atom. The normalized spacial score (nSPS) is 11.0. The number of nitrogens with zero attached hydrogens (tertiary/aromatic N) is 2. The lowest BCUT2D eigenvalue weighted by Crippen LogP contribution is -2.25. The van der Waals surface area contributed by atoms with E-state index in [0.29, 0.717) is 27.3 Å². The van der Waals surface area contributed by atoms with Gasteiger partial charge in [0.1, 0.15) is 0 Å². The van der Waals surface area contributed by atoms with Crippen LogP contribution in [0.15, 0.2) is 58.5 Å². The van der Waals surface area contributed by atoms with Crippen molar-refractivity contribution in [3.63, 3.8) is 0 Å². The van der Waals surface area contributed by atoms with Crippen LogP contribution in [0.2, 0.25) is 0 Å². The van der Waals surface area contributed by atoms with E-state index in [2.05, 4.69) is 10.3 Å². The van der Waals surface area contributed by atoms with Crippen LogP contribution in [0, 0.1) is 0 Å². The molecule has 0 fully saturated rings. The summed E-state index contributed by atoms with van der Waals surface area (Å²) >= 11 is 1.22. The van der Waals surface area contributed by atoms with Gasteiger partial charge in [-0.1, -0.05) is 36.0 Å². The zero-order valence-electron chi connectivity index (χ0n) is 15.9. The summed E-state index contributed by atoms with van der Waals surface area (Å²) in [5.41, 5.74) is 1.60. The topological polar surface area (TPSA) is 81.1 Å². The van der Waals surface area contributed by atoms with Crippen molar-refractivity contribution in [1.29, 1.82) is 0 Å². The number of anilines is 1. The SMILES string of the molecule is CC(=O)c1cccc(NC(=O)CSc2nc3ccccc3c(=O)n2C(C)C)c1. The average Bonchev–Trinajstić information content (AvgIpc) is 2.66. The summed E-state index contributed by atoms with van der Waals surface area (Å²) in [6.07, 6.45) is 0. The number of hydrogen-bond donors (Lipinski definition) is 1. The molecule has 0 radical (unpaired) electrons. The Hall–Kier alpha value is -2.93. The van der Waals surface area contributed by atoms with Crippen molar-refractivity contribution < 1.29 is 9.59 Å². The van der Waals surface area contributed by atoms with Gasteiger partial charge in [-0.15, -0.1) is 0 Å². The molecule has 0 atom stereocenters. The second-order valence-corrected chi connectivity index (χ2v) is 7.60. The lowest BCUT2D eigenvalue weighted by Gasteiger charge is -2.16. The molecular weight excluding hydrogens is 374 g/mol. The molecule has 0 bridgehead atoms. The van der Waals surface area contributed by atoms with Gasteiger partial charge in [-0.05, 0) is 45.0 Å². The number of amides is 1. The minimum atomic E-state index is -0.233. The Labute approximate surface area is 167 Å². The molecule has 0 spiro atoms. The van der Waals surface area contributed by atoms with Crippen molar-refractivity contribution in [3.05, 3.63) is 64.4 Å². The number of nitrogens with one attached hydrogen (secondary N) is 1. The molecule has 6 nitrogen and oxygen atoms in total. The van der Waals surface area contributed by atoms with E-state index in [9.17, 15) is 14.4 Å². The van der Waals surface area contributed by atoms with Gasteiger partial charge in [0.15, 0.2) is 10.9 Å². The molecule has 3 rings (SSSR count). The summed E-state index contributed by atoms with van der Waals surface area (Å²) in [5, 5.41) is 3.85. The summed E-state index contributed by atoms with van der Waals surface area (Å²) in [6.45, 7) is 5.30. The van der Waals surface area contributed by atoms with Gasteiger partial charge in [0.05, 0.1) is 16.7 Å². The molecule has 0 saturated heterocycles. The Balaban J connectivity index is 1.80. The maximum Gasteiger partial charge on any atom is 0.262 e. The number of fused-ring (bicyclic) bond motifs is 1. The van der Waals surface area contributed by atoms with Gasteiger partial charge in [-0.2, -0.15) is 0 Å². The molecule has 0 aliphatic carbocycles. The number of carbonyl (C=O) groups is 2. The summed E-state index contributed by atoms with van der Waals surface area (Å²) in [4.78, 5) is 41.2. The second-order valence-electron chi connectivity index (χ2n) is 6.65. The first-order valence-corrected chi connectivity index (χ1v) is 9.90. The van der Waals surface area contributed by atoms with Gasteiger partial charge in [0.25, 0.3) is 5.56 Å². The van der Waals surface area contributed by atoms with Crippen LogP contribution in [0.25, 0.3) is 10.9 Å². The van der Waals surface area contributed by atoms with E-state index >= 15 is 0 Å². The fraction of sp³-hybridized carbons (Fsp3) is 0.238. The van der Waals surface area contributed by atoms with E-state index in [1.807, 2.05) is 26.0 Å². The maximum absolute atomic E-state index is 12.8. The van der Waals surface area contributed by atoms with Gasteiger partial charge >= 0.3 is 0 Å². The Morgan fingerprint density at radius 3 is 2.61 bits per heavy atom. The highest BCUT2D eigenvalue weighted by Gasteiger charge is 2.15. The number of benzene rings is 2. The fourth-order valence-electron chi connectivity index (χ4n) is 2.83. The van der Waals surface area contributed by atoms with Crippen LogP contribution in [0.3, 0.4) is 0 Å². The van der Waals surface area contributed by atoms with Gasteiger partial charge in [0, 0.05) is 17.3 Å². The molecule has 1 aromatic heterocycles. The highest BCUT2D eigenvalue weighted by molar-refractivity contribution is 7.99. The molecule has 1 amide bonds. The van der Waals surface area contributed by atoms with Crippen molar-refractivity contribution in [3.8, 4) is 0 Å². The second kappa shape index (κ2) is 8.39. The molecule has 0 aliphatic rings. The molecule has 1 heterocycles. The van der Waals surface area contributed by atoms with Crippen molar-refractivity contribution in [2.45, 2.75) is 32.0 Å². The third-order valence-electron chi connectivity index (χ3n) is 4.18. The summed E-state index contributed by atoms with van der Waals surface area (Å²) in [7, 11) is 0. The van der Waals surface area contributed by atoms with Crippen molar-refractivity contribution >= 4 is 40.0 Å². The zero-order chi connectivity index (χ0) is 20.3. The molecule has 3 aromatic rings. The quantitative estimate of drug-likeness (QED) is 0.389. The molecular formula is C21H21N3O3S. The highest BCUT2D eigenvalue weighted by atomic mass is 32.2. The summed E-state index contributed by atoms with van der Waals surface area (Å²) in [6, 6.07) is 13.9. The minimum absolute atomic E-state index is 0.0632. The Morgan fingerprint density at radius 2 is 1.89 bits per heavy atom. The average molecular weight is 395 g/mol. The van der Waals surface area contributed by atoms with Gasteiger partial charge < -0.3 is 5.32 Å². The molecule has 0 unspecified atom stereocenters. The number of rotatable bonds is 6. The van der Waals surface area contributed by atoms with Crippen LogP contribution in [0.1, 0.15) is 37.2 Å². The van der Waals surface area contributed by atoms with Gasteiger partial charge in [-0.3, -0.25) is 19.0 Å². The molecule has 0 aliphatic heterocycles. The van der Waals surface area contributed by atoms with Crippen molar-refractivity contribution in [2.24, 2.45) is 0 Å². The van der Waals surface area contributed by atoms with E-state index in [4.69, 9.17) is 0 Å². The van der Waals surface area contributed by atoms with Crippen LogP contribution >= 0.6 is 11.8 Å². The number of aromatic nitrogens is 2. The number of hydrogen-bond acceptors (Lipinski definition) is 5. The van der Waals surface area contributed by atoms with E-state index in [0.717, 1.165) is 0 Å². The number of para-hydroxylation sites is 1. The molecule has 7 heteroatoms. The van der Waals surface area contributed by atoms with Crippen LogP contribution in [-0.2, 0) is 4.79 Å². The lowest BCUT2D eigenvalue weighted by molar-refractivity contribution is -0.113. The lowest BCUT2D eigenvalue weighted by atomic mass is 10.1. The van der Waals surface area contributed by atoms with Crippen LogP contribution < -0.4 is 10.9 Å². The largest absolute Gasteiger partial charge is 0.325 e. The summed E-state index contributed by atoms with van der Waals surface area (Å²) < 4.78 is 1.61. The Bertz CT molecular complexity index is 1110. The number of thioether (sulfide) groups is 1. The predicted molar refractivity (Wildman–Crippen MR) is 112 cm³/mol. The number of ketones is 1. The third kappa shape index (κ3) is 4.31. The number of carbonyl (C=O) groups excluding carboxylic acids is 2. The maximum atomic E-state index is 12.8. The number of Topliss-reactive ketones (excluding diaryl/α,β-unsaturated/α-hetero) is 1. The van der Waals surface area contributed by atoms with Crippen LogP contribution in [0.5, 0.6) is 0 Å². The fourth-order valence-corrected chi connectivity index (χ4v) is 3.75. The summed E-state index contributed by atoms with van der Waals surface area (Å²) in [5.74, 6) is -0.197. The van der Waals surface area contributed by atoms with Crippen molar-refractivity contribution in [2.75, 3.05) is 11.1 Å². The van der Waals surface area contributed by atoms with Gasteiger partial charge in [0.2, 0.25) is 5.91 Å². The first-order chi connectivity index (χ1) is 13.4. The highest BCUT2D eigenvalue weighted by Crippen LogP contribution is 2.21. The monoisotopic (exact) mass is 395 g/mol. The standard InChI is InChI=1S/C21H21N3O3S/c1-13(2)24-20(27)17-9-4-5-10-18(17)23-21(24)28-12-19(26)22-16-8-6-7-15(11-16)14(3)25/h4-11,13H,12H2,1-3H3,(H,22,26). The van der Waals surface area contributed by atoms with Gasteiger partial charge in [-0.25, -0.2) is 4.98 Å².